The van der Waals surface area contributed by atoms with E-state index < -0.39 is 101 Å². The van der Waals surface area contributed by atoms with E-state index in [-0.39, 0.29) is 60.3 Å². The summed E-state index contributed by atoms with van der Waals surface area (Å²) in [6.07, 6.45) is -3.58. The van der Waals surface area contributed by atoms with E-state index in [1.165, 1.54) is 30.2 Å². The predicted octanol–water partition coefficient (Wildman–Crippen LogP) is 6.07. The Morgan fingerprint density at radius 2 is 1.55 bits per heavy atom. The number of aliphatic hydroxyl groups excluding tert-OH is 2. The normalized spacial score (nSPS) is 17.3. The third-order valence-corrected chi connectivity index (χ3v) is 13.1. The van der Waals surface area contributed by atoms with Crippen molar-refractivity contribution in [3.8, 4) is 0 Å². The average molecular weight is 1030 g/mol. The fourth-order valence-electron chi connectivity index (χ4n) is 8.01. The van der Waals surface area contributed by atoms with Gasteiger partial charge in [0.15, 0.2) is 5.52 Å². The number of unbranched alkanes of at least 4 members (excludes halogenated alkanes) is 1. The number of nitro benzene ring substituents is 1. The van der Waals surface area contributed by atoms with Gasteiger partial charge in [0, 0.05) is 68.1 Å². The molecule has 2 aromatic carbocycles. The van der Waals surface area contributed by atoms with Crippen molar-refractivity contribution < 1.29 is 71.1 Å². The van der Waals surface area contributed by atoms with Gasteiger partial charge in [-0.15, -0.1) is 10.2 Å². The number of carbonyl (C=O) groups excluding carboxylic acids is 5. The first-order valence-electron chi connectivity index (χ1n) is 23.8. The summed E-state index contributed by atoms with van der Waals surface area (Å²) in [6.45, 7) is 9.89. The Bertz CT molecular complexity index is 2410. The van der Waals surface area contributed by atoms with Crippen LogP contribution in [0.2, 0.25) is 0 Å². The van der Waals surface area contributed by atoms with E-state index in [2.05, 4.69) is 31.2 Å². The number of benzene rings is 2. The summed E-state index contributed by atoms with van der Waals surface area (Å²) in [4.78, 5) is 77.5. The van der Waals surface area contributed by atoms with Gasteiger partial charge in [-0.2, -0.15) is 13.2 Å². The number of nitro groups is 1. The van der Waals surface area contributed by atoms with Crippen molar-refractivity contribution in [2.24, 2.45) is 33.9 Å². The zero-order valence-electron chi connectivity index (χ0n) is 42.3. The number of ether oxygens (including phenoxy) is 3. The first-order valence-corrected chi connectivity index (χ1v) is 23.8. The molecule has 0 radical (unpaired) electrons. The molecule has 4 rings (SSSR count). The molecule has 73 heavy (non-hydrogen) atoms. The zero-order chi connectivity index (χ0) is 54.4. The molecule has 1 aromatic heterocycles. The molecule has 0 spiro atoms. The van der Waals surface area contributed by atoms with Crippen molar-refractivity contribution in [1.82, 2.24) is 25.4 Å². The minimum Gasteiger partial charge on any atom is -0.464 e. The lowest BCUT2D eigenvalue weighted by Crippen LogP contribution is -2.43. The van der Waals surface area contributed by atoms with E-state index in [0.717, 1.165) is 24.3 Å². The number of hydrogen-bond donors (Lipinski definition) is 4. The van der Waals surface area contributed by atoms with Crippen molar-refractivity contribution in [1.29, 1.82) is 0 Å². The molecule has 1 aliphatic rings. The number of aromatic nitrogens is 2. The third-order valence-electron chi connectivity index (χ3n) is 13.1. The van der Waals surface area contributed by atoms with E-state index in [1.54, 1.807) is 66.7 Å². The van der Waals surface area contributed by atoms with E-state index in [9.17, 15) is 57.5 Å². The van der Waals surface area contributed by atoms with Crippen molar-refractivity contribution in [2.75, 3.05) is 39.6 Å². The number of nitrogens with one attached hydrogen (secondary N) is 2. The number of esters is 3. The number of non-ortho nitro benzene ring substituents is 1. The second-order valence-corrected chi connectivity index (χ2v) is 18.7. The minimum absolute atomic E-state index is 0.0351. The summed E-state index contributed by atoms with van der Waals surface area (Å²) >= 11 is 0. The smallest absolute Gasteiger partial charge is 0.442 e. The van der Waals surface area contributed by atoms with Crippen molar-refractivity contribution in [2.45, 2.75) is 128 Å². The molecule has 0 aliphatic carbocycles. The molecule has 10 atom stereocenters. The van der Waals surface area contributed by atoms with Crippen LogP contribution in [0, 0.1) is 33.8 Å². The molecule has 2 amide bonds. The van der Waals surface area contributed by atoms with Crippen LogP contribution in [0.5, 0.6) is 0 Å². The second kappa shape index (κ2) is 26.4. The lowest BCUT2D eigenvalue weighted by atomic mass is 9.82. The van der Waals surface area contributed by atoms with Crippen LogP contribution < -0.4 is 10.6 Å². The maximum atomic E-state index is 13.6. The van der Waals surface area contributed by atoms with E-state index >= 15 is 0 Å². The fraction of sp³-hybridized carbons (Fsp3) is 0.604. The lowest BCUT2D eigenvalue weighted by Gasteiger charge is -2.35. The van der Waals surface area contributed by atoms with Crippen LogP contribution in [0.1, 0.15) is 96.0 Å². The molecule has 1 unspecified atom stereocenters. The molecule has 0 saturated carbocycles. The molecular weight excluding hydrogens is 968 g/mol. The average Bonchev–Trinajstić information content (AvgIpc) is 4.04. The Morgan fingerprint density at radius 3 is 2.14 bits per heavy atom. The summed E-state index contributed by atoms with van der Waals surface area (Å²) in [6, 6.07) is 5.26. The number of hydrogen-bond acceptors (Lipinski definition) is 19. The Kier molecular flexibility index (Phi) is 21.3. The van der Waals surface area contributed by atoms with Crippen LogP contribution in [-0.4, -0.2) is 142 Å². The summed E-state index contributed by atoms with van der Waals surface area (Å²) in [7, 11) is 5.00. The monoisotopic (exact) mass is 1030 g/mol. The van der Waals surface area contributed by atoms with Gasteiger partial charge in [-0.05, 0) is 87.6 Å². The molecular formula is C48H66F3N9O13. The number of alkyl halides is 3. The number of rotatable bonds is 30. The molecule has 1 aliphatic heterocycles. The second-order valence-electron chi connectivity index (χ2n) is 18.7. The predicted molar refractivity (Wildman–Crippen MR) is 256 cm³/mol. The van der Waals surface area contributed by atoms with Gasteiger partial charge >= 0.3 is 35.4 Å². The van der Waals surface area contributed by atoms with Crippen molar-refractivity contribution in [3.05, 3.63) is 69.9 Å². The molecule has 0 fully saturated rings. The molecule has 4 N–H and O–H groups in total. The largest absolute Gasteiger partial charge is 0.464 e. The minimum atomic E-state index is -4.78. The van der Waals surface area contributed by atoms with E-state index in [4.69, 9.17) is 18.8 Å². The Labute approximate surface area is 420 Å². The van der Waals surface area contributed by atoms with Gasteiger partial charge in [0.05, 0.1) is 29.4 Å². The number of nitrogens with zero attached hydrogens (tertiary/aromatic N) is 7. The summed E-state index contributed by atoms with van der Waals surface area (Å²) in [5.41, 5.74) is -2.86. The number of aliphatic hydroxyl groups is 2. The van der Waals surface area contributed by atoms with Crippen LogP contribution in [0.3, 0.4) is 0 Å². The Morgan fingerprint density at radius 1 is 0.890 bits per heavy atom. The topological polar surface area (TPSA) is 291 Å². The molecule has 25 heteroatoms. The van der Waals surface area contributed by atoms with Crippen LogP contribution in [0.4, 0.5) is 24.5 Å². The van der Waals surface area contributed by atoms with E-state index in [1.807, 2.05) is 0 Å². The number of halogens is 3. The van der Waals surface area contributed by atoms with Crippen molar-refractivity contribution >= 4 is 52.6 Å². The lowest BCUT2D eigenvalue weighted by molar-refractivity contribution is -0.383. The summed E-state index contributed by atoms with van der Waals surface area (Å²) in [5.74, 6) is -4.89. The maximum absolute atomic E-state index is 13.6. The van der Waals surface area contributed by atoms with Gasteiger partial charge in [-0.1, -0.05) is 45.9 Å². The van der Waals surface area contributed by atoms with E-state index in [0.29, 0.717) is 31.4 Å². The van der Waals surface area contributed by atoms with Gasteiger partial charge < -0.3 is 40.0 Å². The van der Waals surface area contributed by atoms with Gasteiger partial charge in [-0.3, -0.25) is 34.2 Å². The highest BCUT2D eigenvalue weighted by Crippen LogP contribution is 2.52. The van der Waals surface area contributed by atoms with Gasteiger partial charge in [0.2, 0.25) is 11.9 Å². The first-order chi connectivity index (χ1) is 34.3. The number of amides is 2. The van der Waals surface area contributed by atoms with Crippen molar-refractivity contribution in [3.63, 3.8) is 0 Å². The number of anilines is 1. The summed E-state index contributed by atoms with van der Waals surface area (Å²) < 4.78 is 62.8. The highest BCUT2D eigenvalue weighted by molar-refractivity contribution is 5.97. The highest BCUT2D eigenvalue weighted by Gasteiger charge is 2.65. The SMILES string of the molecule is CC(=O)O[C@@H]([C@@H](C)[C@@H](CC[C@H](C)[C@H](O)[C@H](C)[C@@H](O)CCOC(=O)[C@H](CCCCNc1ccc([N+](=O)[O-])c2nonc12)NC(=O)c1ccc(C2(C(F)(F)F)N=N2)cc1)OC(=O)C(C)N(C)C)[C@H](C)/C=C/N(C)C=O. The molecule has 3 aromatic rings. The number of fused-ring (bicyclic) bond motifs is 1. The standard InChI is InChI=1S/C48H66F3N9O13/c1-27(13-20-39(72-45(66)31(5)58(7)8)30(4)43(71-32(6)62)28(2)21-24-59(9)26-61)42(64)29(3)38(63)22-25-70-46(67)36(53-44(65)33-14-16-34(17-15-33)47(56-57-47)48(49,50)51)12-10-11-23-52-35-18-19-37(60(68)69)41-40(35)54-73-55-41/h14-19,21,24,26-31,36,38-39,42-43,52,63-64H,10-13,20,22-23,25H2,1-9H3,(H,53,65)/b24-21+/t27-,28+,29+,30-,31?,36-,38-,39+,42-,43+/m0/s1. The number of likely N-dealkylation sites (N-methyl/N-ethyl adjacent to an activating group) is 1. The Hall–Kier alpha value is -6.60. The van der Waals surface area contributed by atoms with Gasteiger partial charge in [0.1, 0.15) is 24.3 Å². The third kappa shape index (κ3) is 15.9. The molecule has 2 heterocycles. The first kappa shape index (κ1) is 59.0. The van der Waals surface area contributed by atoms with Crippen LogP contribution in [0.15, 0.2) is 63.5 Å². The van der Waals surface area contributed by atoms with Crippen LogP contribution >= 0.6 is 0 Å². The summed E-state index contributed by atoms with van der Waals surface area (Å²) in [5, 5.41) is 53.4. The van der Waals surface area contributed by atoms with Crippen LogP contribution in [0.25, 0.3) is 11.0 Å². The van der Waals surface area contributed by atoms with Gasteiger partial charge in [-0.25, -0.2) is 9.42 Å². The molecule has 22 nitrogen and oxygen atoms in total. The highest BCUT2D eigenvalue weighted by atomic mass is 19.4. The quantitative estimate of drug-likeness (QED) is 0.0147. The maximum Gasteiger partial charge on any atom is 0.442 e. The molecule has 0 bridgehead atoms. The molecule has 0 saturated heterocycles. The Balaban J connectivity index is 1.39. The number of carbonyl (C=O) groups is 5. The molecule has 402 valence electrons. The van der Waals surface area contributed by atoms with Gasteiger partial charge in [0.25, 0.3) is 5.91 Å². The zero-order valence-corrected chi connectivity index (χ0v) is 42.3. The van der Waals surface area contributed by atoms with Crippen LogP contribution in [-0.2, 0) is 39.1 Å². The fourth-order valence-corrected chi connectivity index (χ4v) is 8.01.